The molecule has 156 valence electrons. The first kappa shape index (κ1) is 21.3. The fourth-order valence-electron chi connectivity index (χ4n) is 2.59. The molecule has 1 N–H and O–H groups in total. The maximum atomic E-state index is 12.2. The van der Waals surface area contributed by atoms with Gasteiger partial charge in [0, 0.05) is 11.4 Å². The highest BCUT2D eigenvalue weighted by Crippen LogP contribution is 2.23. The van der Waals surface area contributed by atoms with E-state index in [-0.39, 0.29) is 6.42 Å². The number of nitrogens with one attached hydrogen (secondary N) is 1. The zero-order valence-corrected chi connectivity index (χ0v) is 17.1. The first-order valence-corrected chi connectivity index (χ1v) is 9.68. The summed E-state index contributed by atoms with van der Waals surface area (Å²) in [5.41, 5.74) is 2.17. The summed E-state index contributed by atoms with van der Waals surface area (Å²) in [5, 5.41) is 7.16. The SMILES string of the molecule is Cc1ccc(OCCCC(=O)OCC(=O)Nc2cc(Cl)ccc2-n2cncn2)cc1. The molecule has 1 heterocycles. The van der Waals surface area contributed by atoms with Crippen molar-refractivity contribution in [2.75, 3.05) is 18.5 Å². The maximum absolute atomic E-state index is 12.2. The van der Waals surface area contributed by atoms with Crippen molar-refractivity contribution >= 4 is 29.2 Å². The molecule has 0 atom stereocenters. The lowest BCUT2D eigenvalue weighted by atomic mass is 10.2. The molecule has 0 aliphatic rings. The molecule has 0 fully saturated rings. The third-order valence-corrected chi connectivity index (χ3v) is 4.31. The summed E-state index contributed by atoms with van der Waals surface area (Å²) in [6, 6.07) is 12.6. The van der Waals surface area contributed by atoms with Crippen molar-refractivity contribution in [3.8, 4) is 11.4 Å². The number of carbonyl (C=O) groups excluding carboxylic acids is 2. The van der Waals surface area contributed by atoms with E-state index in [9.17, 15) is 9.59 Å². The normalized spacial score (nSPS) is 10.5. The number of anilines is 1. The van der Waals surface area contributed by atoms with E-state index < -0.39 is 18.5 Å². The Morgan fingerprint density at radius 2 is 1.97 bits per heavy atom. The molecule has 0 bridgehead atoms. The zero-order valence-electron chi connectivity index (χ0n) is 16.4. The quantitative estimate of drug-likeness (QED) is 0.413. The molecule has 30 heavy (non-hydrogen) atoms. The Hall–Kier alpha value is -3.39. The standard InChI is InChI=1S/C21H21ClN4O4/c1-15-4-7-17(8-5-15)29-10-2-3-21(28)30-12-20(27)25-18-11-16(22)6-9-19(18)26-14-23-13-24-26/h4-9,11,13-14H,2-3,10,12H2,1H3,(H,25,27). The molecule has 9 heteroatoms. The van der Waals surface area contributed by atoms with Gasteiger partial charge in [-0.15, -0.1) is 0 Å². The maximum Gasteiger partial charge on any atom is 0.306 e. The van der Waals surface area contributed by atoms with Crippen LogP contribution in [0.4, 0.5) is 5.69 Å². The minimum Gasteiger partial charge on any atom is -0.494 e. The Balaban J connectivity index is 1.42. The second-order valence-electron chi connectivity index (χ2n) is 6.48. The van der Waals surface area contributed by atoms with Crippen LogP contribution >= 0.6 is 11.6 Å². The molecule has 0 radical (unpaired) electrons. The molecule has 8 nitrogen and oxygen atoms in total. The number of benzene rings is 2. The summed E-state index contributed by atoms with van der Waals surface area (Å²) >= 11 is 6.02. The predicted molar refractivity (Wildman–Crippen MR) is 112 cm³/mol. The molecular weight excluding hydrogens is 408 g/mol. The van der Waals surface area contributed by atoms with Crippen LogP contribution in [0, 0.1) is 6.92 Å². The number of halogens is 1. The molecule has 1 aromatic heterocycles. The van der Waals surface area contributed by atoms with Crippen LogP contribution in [0.25, 0.3) is 5.69 Å². The van der Waals surface area contributed by atoms with E-state index in [4.69, 9.17) is 21.1 Å². The molecule has 0 unspecified atom stereocenters. The van der Waals surface area contributed by atoms with E-state index in [2.05, 4.69) is 15.4 Å². The van der Waals surface area contributed by atoms with E-state index in [0.717, 1.165) is 11.3 Å². The first-order valence-electron chi connectivity index (χ1n) is 9.31. The van der Waals surface area contributed by atoms with Crippen LogP contribution in [-0.2, 0) is 14.3 Å². The van der Waals surface area contributed by atoms with Gasteiger partial charge in [0.15, 0.2) is 6.61 Å². The molecule has 0 aliphatic heterocycles. The van der Waals surface area contributed by atoms with Gasteiger partial charge < -0.3 is 14.8 Å². The number of amides is 1. The lowest BCUT2D eigenvalue weighted by Crippen LogP contribution is -2.22. The van der Waals surface area contributed by atoms with Gasteiger partial charge in [0.1, 0.15) is 18.4 Å². The molecule has 0 spiro atoms. The fraction of sp³-hybridized carbons (Fsp3) is 0.238. The summed E-state index contributed by atoms with van der Waals surface area (Å²) in [5.74, 6) is -0.207. The van der Waals surface area contributed by atoms with Gasteiger partial charge in [-0.1, -0.05) is 29.3 Å². The molecule has 2 aromatic carbocycles. The summed E-state index contributed by atoms with van der Waals surface area (Å²) in [7, 11) is 0. The average Bonchev–Trinajstić information content (AvgIpc) is 3.26. The second kappa shape index (κ2) is 10.4. The predicted octanol–water partition coefficient (Wildman–Crippen LogP) is 3.57. The monoisotopic (exact) mass is 428 g/mol. The van der Waals surface area contributed by atoms with E-state index >= 15 is 0 Å². The second-order valence-corrected chi connectivity index (χ2v) is 6.91. The van der Waals surface area contributed by atoms with Gasteiger partial charge in [-0.05, 0) is 43.7 Å². The third kappa shape index (κ3) is 6.31. The van der Waals surface area contributed by atoms with Crippen molar-refractivity contribution in [3.63, 3.8) is 0 Å². The van der Waals surface area contributed by atoms with Crippen LogP contribution in [0.3, 0.4) is 0 Å². The van der Waals surface area contributed by atoms with Crippen molar-refractivity contribution < 1.29 is 19.1 Å². The minimum atomic E-state index is -0.483. The van der Waals surface area contributed by atoms with Crippen LogP contribution < -0.4 is 10.1 Å². The van der Waals surface area contributed by atoms with Crippen molar-refractivity contribution in [3.05, 3.63) is 65.7 Å². The fourth-order valence-corrected chi connectivity index (χ4v) is 2.76. The van der Waals surface area contributed by atoms with Crippen molar-refractivity contribution in [1.82, 2.24) is 14.8 Å². The van der Waals surface area contributed by atoms with Gasteiger partial charge in [0.2, 0.25) is 0 Å². The van der Waals surface area contributed by atoms with Gasteiger partial charge >= 0.3 is 5.97 Å². The van der Waals surface area contributed by atoms with Crippen LogP contribution in [0.15, 0.2) is 55.1 Å². The van der Waals surface area contributed by atoms with Gasteiger partial charge in [-0.2, -0.15) is 5.10 Å². The van der Waals surface area contributed by atoms with Crippen LogP contribution in [-0.4, -0.2) is 39.9 Å². The topological polar surface area (TPSA) is 95.3 Å². The average molecular weight is 429 g/mol. The molecule has 1 amide bonds. The largest absolute Gasteiger partial charge is 0.494 e. The van der Waals surface area contributed by atoms with Crippen LogP contribution in [0.1, 0.15) is 18.4 Å². The highest BCUT2D eigenvalue weighted by atomic mass is 35.5. The molecule has 0 saturated carbocycles. The first-order chi connectivity index (χ1) is 14.5. The van der Waals surface area contributed by atoms with E-state index in [1.54, 1.807) is 18.2 Å². The summed E-state index contributed by atoms with van der Waals surface area (Å²) in [4.78, 5) is 27.9. The number of rotatable bonds is 9. The number of ether oxygens (including phenoxy) is 2. The molecule has 0 saturated heterocycles. The number of aromatic nitrogens is 3. The van der Waals surface area contributed by atoms with Crippen molar-refractivity contribution in [2.45, 2.75) is 19.8 Å². The summed E-state index contributed by atoms with van der Waals surface area (Å²) in [6.45, 7) is 1.98. The minimum absolute atomic E-state index is 0.153. The van der Waals surface area contributed by atoms with E-state index in [0.29, 0.717) is 29.4 Å². The van der Waals surface area contributed by atoms with E-state index in [1.165, 1.54) is 17.3 Å². The van der Waals surface area contributed by atoms with Crippen LogP contribution in [0.5, 0.6) is 5.75 Å². The molecule has 3 rings (SSSR count). The zero-order chi connectivity index (χ0) is 21.3. The highest BCUT2D eigenvalue weighted by molar-refractivity contribution is 6.31. The smallest absolute Gasteiger partial charge is 0.306 e. The Morgan fingerprint density at radius 1 is 1.17 bits per heavy atom. The lowest BCUT2D eigenvalue weighted by molar-refractivity contribution is -0.147. The van der Waals surface area contributed by atoms with E-state index in [1.807, 2.05) is 31.2 Å². The lowest BCUT2D eigenvalue weighted by Gasteiger charge is -2.11. The molecular formula is C21H21ClN4O4. The van der Waals surface area contributed by atoms with Crippen molar-refractivity contribution in [1.29, 1.82) is 0 Å². The van der Waals surface area contributed by atoms with Gasteiger partial charge in [-0.25, -0.2) is 9.67 Å². The number of nitrogens with zero attached hydrogens (tertiary/aromatic N) is 3. The summed E-state index contributed by atoms with van der Waals surface area (Å²) < 4.78 is 12.1. The number of hydrogen-bond acceptors (Lipinski definition) is 6. The van der Waals surface area contributed by atoms with Gasteiger partial charge in [-0.3, -0.25) is 9.59 Å². The van der Waals surface area contributed by atoms with Gasteiger partial charge in [0.05, 0.1) is 18.0 Å². The number of aryl methyl sites for hydroxylation is 1. The van der Waals surface area contributed by atoms with Crippen LogP contribution in [0.2, 0.25) is 5.02 Å². The Labute approximate surface area is 178 Å². The Morgan fingerprint density at radius 3 is 2.70 bits per heavy atom. The molecule has 0 aliphatic carbocycles. The number of esters is 1. The molecule has 3 aromatic rings. The number of hydrogen-bond donors (Lipinski definition) is 1. The van der Waals surface area contributed by atoms with Crippen molar-refractivity contribution in [2.24, 2.45) is 0 Å². The van der Waals surface area contributed by atoms with Gasteiger partial charge in [0.25, 0.3) is 5.91 Å². The summed E-state index contributed by atoms with van der Waals surface area (Å²) in [6.07, 6.45) is 3.52. The third-order valence-electron chi connectivity index (χ3n) is 4.08. The Bertz CT molecular complexity index is 991. The Kier molecular flexibility index (Phi) is 7.40. The number of carbonyl (C=O) groups is 2. The highest BCUT2D eigenvalue weighted by Gasteiger charge is 2.12.